The van der Waals surface area contributed by atoms with Gasteiger partial charge in [0.25, 0.3) is 0 Å². The SMILES string of the molecule is ClC(Cl)(c1ccc(Sc2ccccc2)cc1)c1ccc(C(Cl)(Cl)c2ccc(Sc3ccccc3)cc2)cc1. The molecule has 0 fully saturated rings. The second kappa shape index (κ2) is 12.0. The summed E-state index contributed by atoms with van der Waals surface area (Å²) in [5.74, 6) is 0. The van der Waals surface area contributed by atoms with Crippen LogP contribution in [0.2, 0.25) is 0 Å². The van der Waals surface area contributed by atoms with Crippen LogP contribution >= 0.6 is 69.9 Å². The molecule has 38 heavy (non-hydrogen) atoms. The van der Waals surface area contributed by atoms with E-state index >= 15 is 0 Å². The van der Waals surface area contributed by atoms with E-state index in [1.54, 1.807) is 23.5 Å². The Balaban J connectivity index is 1.30. The van der Waals surface area contributed by atoms with Gasteiger partial charge in [-0.2, -0.15) is 0 Å². The molecule has 0 N–H and O–H groups in total. The molecule has 0 radical (unpaired) electrons. The van der Waals surface area contributed by atoms with Crippen molar-refractivity contribution in [1.82, 2.24) is 0 Å². The van der Waals surface area contributed by atoms with Gasteiger partial charge in [-0.05, 0) is 70.8 Å². The Morgan fingerprint density at radius 2 is 0.553 bits per heavy atom. The Hall–Kier alpha value is -2.04. The van der Waals surface area contributed by atoms with Gasteiger partial charge < -0.3 is 0 Å². The maximum atomic E-state index is 6.86. The lowest BCUT2D eigenvalue weighted by molar-refractivity contribution is 1.00. The average Bonchev–Trinajstić information content (AvgIpc) is 2.95. The molecule has 190 valence electrons. The highest BCUT2D eigenvalue weighted by molar-refractivity contribution is 7.99. The molecule has 0 aromatic heterocycles. The van der Waals surface area contributed by atoms with Crippen molar-refractivity contribution in [2.24, 2.45) is 0 Å². The summed E-state index contributed by atoms with van der Waals surface area (Å²) in [5, 5.41) is 0. The molecule has 0 spiro atoms. The summed E-state index contributed by atoms with van der Waals surface area (Å²) in [6, 6.07) is 43.9. The quantitative estimate of drug-likeness (QED) is 0.160. The number of alkyl halides is 4. The predicted octanol–water partition coefficient (Wildman–Crippen LogP) is 11.3. The van der Waals surface area contributed by atoms with Crippen molar-refractivity contribution in [3.8, 4) is 0 Å². The molecule has 0 amide bonds. The topological polar surface area (TPSA) is 0 Å². The van der Waals surface area contributed by atoms with Crippen LogP contribution < -0.4 is 0 Å². The summed E-state index contributed by atoms with van der Waals surface area (Å²) in [7, 11) is 0. The van der Waals surface area contributed by atoms with Crippen molar-refractivity contribution in [3.05, 3.63) is 156 Å². The van der Waals surface area contributed by atoms with Crippen LogP contribution in [0, 0.1) is 0 Å². The smallest absolute Gasteiger partial charge is 0.0909 e. The van der Waals surface area contributed by atoms with E-state index in [0.29, 0.717) is 0 Å². The third-order valence-corrected chi connectivity index (χ3v) is 9.78. The molecule has 0 saturated carbocycles. The zero-order valence-electron chi connectivity index (χ0n) is 20.0. The molecule has 0 nitrogen and oxygen atoms in total. The van der Waals surface area contributed by atoms with Crippen molar-refractivity contribution < 1.29 is 0 Å². The van der Waals surface area contributed by atoms with E-state index in [4.69, 9.17) is 46.4 Å². The number of rotatable bonds is 8. The van der Waals surface area contributed by atoms with Crippen molar-refractivity contribution in [2.75, 3.05) is 0 Å². The van der Waals surface area contributed by atoms with Gasteiger partial charge >= 0.3 is 0 Å². The Labute approximate surface area is 252 Å². The molecular formula is C32H22Cl4S2. The summed E-state index contributed by atoms with van der Waals surface area (Å²) in [6.07, 6.45) is 0. The van der Waals surface area contributed by atoms with Gasteiger partial charge in [-0.15, -0.1) is 0 Å². The largest absolute Gasteiger partial charge is 0.168 e. The van der Waals surface area contributed by atoms with Crippen LogP contribution in [-0.2, 0) is 8.67 Å². The monoisotopic (exact) mass is 610 g/mol. The molecule has 6 heteroatoms. The zero-order chi connectivity index (χ0) is 26.6. The van der Waals surface area contributed by atoms with E-state index in [-0.39, 0.29) is 0 Å². The maximum Gasteiger partial charge on any atom is 0.168 e. The third-order valence-electron chi connectivity index (χ3n) is 6.00. The van der Waals surface area contributed by atoms with Gasteiger partial charge in [-0.25, -0.2) is 0 Å². The fourth-order valence-corrected chi connectivity index (χ4v) is 6.62. The normalized spacial score (nSPS) is 11.9. The molecule has 0 aliphatic carbocycles. The molecule has 5 aromatic rings. The van der Waals surface area contributed by atoms with Crippen LogP contribution in [0.15, 0.2) is 153 Å². The van der Waals surface area contributed by atoms with Gasteiger partial charge in [0.15, 0.2) is 8.67 Å². The minimum Gasteiger partial charge on any atom is -0.0909 e. The first kappa shape index (κ1) is 27.5. The van der Waals surface area contributed by atoms with E-state index in [0.717, 1.165) is 32.0 Å². The highest BCUT2D eigenvalue weighted by Gasteiger charge is 2.32. The van der Waals surface area contributed by atoms with E-state index in [2.05, 4.69) is 24.3 Å². The van der Waals surface area contributed by atoms with Crippen LogP contribution in [-0.4, -0.2) is 0 Å². The minimum absolute atomic E-state index is 0.742. The molecule has 5 aromatic carbocycles. The van der Waals surface area contributed by atoms with Crippen LogP contribution in [0.25, 0.3) is 0 Å². The Bertz CT molecular complexity index is 1350. The van der Waals surface area contributed by atoms with Crippen molar-refractivity contribution in [1.29, 1.82) is 0 Å². The zero-order valence-corrected chi connectivity index (χ0v) is 24.7. The molecular weight excluding hydrogens is 590 g/mol. The second-order valence-electron chi connectivity index (χ2n) is 8.61. The van der Waals surface area contributed by atoms with Crippen molar-refractivity contribution >= 4 is 69.9 Å². The van der Waals surface area contributed by atoms with Crippen LogP contribution in [0.5, 0.6) is 0 Å². The highest BCUT2D eigenvalue weighted by Crippen LogP contribution is 2.45. The van der Waals surface area contributed by atoms with E-state index in [1.807, 2.05) is 109 Å². The summed E-state index contributed by atoms with van der Waals surface area (Å²) < 4.78 is -2.43. The highest BCUT2D eigenvalue weighted by atomic mass is 35.5. The maximum absolute atomic E-state index is 6.86. The molecule has 0 atom stereocenters. The van der Waals surface area contributed by atoms with E-state index in [1.165, 1.54) is 9.79 Å². The molecule has 0 bridgehead atoms. The van der Waals surface area contributed by atoms with Crippen molar-refractivity contribution in [2.45, 2.75) is 28.2 Å². The predicted molar refractivity (Wildman–Crippen MR) is 165 cm³/mol. The van der Waals surface area contributed by atoms with Crippen LogP contribution in [0.1, 0.15) is 22.3 Å². The van der Waals surface area contributed by atoms with Crippen LogP contribution in [0.3, 0.4) is 0 Å². The fourth-order valence-electron chi connectivity index (χ4n) is 3.94. The lowest BCUT2D eigenvalue weighted by Gasteiger charge is -2.24. The first-order valence-corrected chi connectivity index (χ1v) is 15.0. The summed E-state index contributed by atoms with van der Waals surface area (Å²) in [4.78, 5) is 4.58. The van der Waals surface area contributed by atoms with Gasteiger partial charge in [-0.1, -0.05) is 155 Å². The molecule has 0 aliphatic rings. The summed E-state index contributed by atoms with van der Waals surface area (Å²) in [5.41, 5.74) is 3.07. The Kier molecular flexibility index (Phi) is 8.69. The number of hydrogen-bond acceptors (Lipinski definition) is 2. The van der Waals surface area contributed by atoms with Gasteiger partial charge in [0.05, 0.1) is 0 Å². The molecule has 0 unspecified atom stereocenters. The first-order chi connectivity index (χ1) is 18.3. The molecule has 0 heterocycles. The molecule has 0 aliphatic heterocycles. The van der Waals surface area contributed by atoms with E-state index < -0.39 is 8.67 Å². The number of benzene rings is 5. The van der Waals surface area contributed by atoms with Gasteiger partial charge in [0, 0.05) is 19.6 Å². The van der Waals surface area contributed by atoms with E-state index in [9.17, 15) is 0 Å². The summed E-state index contributed by atoms with van der Waals surface area (Å²) in [6.45, 7) is 0. The lowest BCUT2D eigenvalue weighted by atomic mass is 9.99. The number of hydrogen-bond donors (Lipinski definition) is 0. The van der Waals surface area contributed by atoms with Crippen molar-refractivity contribution in [3.63, 3.8) is 0 Å². The average molecular weight is 612 g/mol. The molecule has 0 saturated heterocycles. The van der Waals surface area contributed by atoms with Gasteiger partial charge in [0.2, 0.25) is 0 Å². The van der Waals surface area contributed by atoms with Gasteiger partial charge in [0.1, 0.15) is 0 Å². The lowest BCUT2D eigenvalue weighted by Crippen LogP contribution is -2.15. The summed E-state index contributed by atoms with van der Waals surface area (Å²) >= 11 is 30.8. The van der Waals surface area contributed by atoms with Gasteiger partial charge in [-0.3, -0.25) is 0 Å². The Morgan fingerprint density at radius 3 is 0.842 bits per heavy atom. The Morgan fingerprint density at radius 1 is 0.316 bits per heavy atom. The first-order valence-electron chi connectivity index (χ1n) is 11.9. The van der Waals surface area contributed by atoms with Crippen LogP contribution in [0.4, 0.5) is 0 Å². The number of halogens is 4. The third kappa shape index (κ3) is 6.39. The minimum atomic E-state index is -1.22. The standard InChI is InChI=1S/C32H22Cl4S2/c33-31(34,25-15-19-29(20-16-25)37-27-7-3-1-4-8-27)23-11-13-24(14-12-23)32(35,36)26-17-21-30(22-18-26)38-28-9-5-2-6-10-28/h1-22H. The fraction of sp³-hybridized carbons (Fsp3) is 0.0625. The second-order valence-corrected chi connectivity index (χ2v) is 13.6. The molecule has 5 rings (SSSR count).